The van der Waals surface area contributed by atoms with E-state index in [1.807, 2.05) is 12.1 Å². The number of hydrogen-bond donors (Lipinski definition) is 1. The first-order chi connectivity index (χ1) is 10.3. The van der Waals surface area contributed by atoms with Crippen molar-refractivity contribution in [2.75, 3.05) is 5.73 Å². The largest absolute Gasteiger partial charge is 0.397 e. The van der Waals surface area contributed by atoms with E-state index in [0.29, 0.717) is 0 Å². The van der Waals surface area contributed by atoms with Crippen LogP contribution in [0.2, 0.25) is 0 Å². The zero-order chi connectivity index (χ0) is 14.7. The highest BCUT2D eigenvalue weighted by Gasteiger charge is 2.06. The van der Waals surface area contributed by atoms with Gasteiger partial charge in [-0.3, -0.25) is 0 Å². The number of unbranched alkanes of at least 4 members (excludes halogenated alkanes) is 3. The molecule has 0 aliphatic carbocycles. The molecule has 2 heteroatoms. The Kier molecular flexibility index (Phi) is 4.05. The summed E-state index contributed by atoms with van der Waals surface area (Å²) in [6.07, 6.45) is 6.21. The summed E-state index contributed by atoms with van der Waals surface area (Å²) in [7, 11) is 0. The summed E-state index contributed by atoms with van der Waals surface area (Å²) in [5.74, 6) is 0. The third kappa shape index (κ3) is 2.85. The fourth-order valence-corrected chi connectivity index (χ4v) is 2.91. The molecule has 2 N–H and O–H groups in total. The Morgan fingerprint density at radius 1 is 0.905 bits per heavy atom. The highest BCUT2D eigenvalue weighted by atomic mass is 14.7. The number of hydrogen-bond acceptors (Lipinski definition) is 2. The average Bonchev–Trinajstić information content (AvgIpc) is 2.50. The fraction of sp³-hybridized carbons (Fsp3) is 0.316. The van der Waals surface area contributed by atoms with Crippen LogP contribution >= 0.6 is 0 Å². The third-order valence-corrected chi connectivity index (χ3v) is 4.08. The van der Waals surface area contributed by atoms with Crippen LogP contribution in [0.5, 0.6) is 0 Å². The van der Waals surface area contributed by atoms with Crippen LogP contribution in [0.15, 0.2) is 42.5 Å². The minimum Gasteiger partial charge on any atom is -0.397 e. The van der Waals surface area contributed by atoms with Crippen LogP contribution < -0.4 is 5.73 Å². The molecule has 2 nitrogen and oxygen atoms in total. The molecule has 0 aliphatic heterocycles. The second kappa shape index (κ2) is 6.13. The number of pyridine rings is 1. The van der Waals surface area contributed by atoms with Gasteiger partial charge in [0.2, 0.25) is 0 Å². The Labute approximate surface area is 126 Å². The first-order valence-electron chi connectivity index (χ1n) is 7.86. The van der Waals surface area contributed by atoms with Crippen molar-refractivity contribution in [3.8, 4) is 0 Å². The van der Waals surface area contributed by atoms with Crippen LogP contribution in [-0.4, -0.2) is 4.98 Å². The molecule has 3 aromatic rings. The minimum atomic E-state index is 0.759. The molecule has 0 fully saturated rings. The van der Waals surface area contributed by atoms with E-state index in [-0.39, 0.29) is 0 Å². The molecular formula is C19H22N2. The van der Waals surface area contributed by atoms with E-state index >= 15 is 0 Å². The Bertz CT molecular complexity index is 762. The summed E-state index contributed by atoms with van der Waals surface area (Å²) in [5, 5.41) is 2.33. The molecule has 1 heterocycles. The van der Waals surface area contributed by atoms with E-state index in [2.05, 4.69) is 37.3 Å². The van der Waals surface area contributed by atoms with Crippen LogP contribution in [0.1, 0.15) is 38.2 Å². The van der Waals surface area contributed by atoms with E-state index < -0.39 is 0 Å². The van der Waals surface area contributed by atoms with Crippen molar-refractivity contribution in [3.63, 3.8) is 0 Å². The van der Waals surface area contributed by atoms with Gasteiger partial charge in [-0.05, 0) is 30.5 Å². The lowest BCUT2D eigenvalue weighted by Crippen LogP contribution is -1.94. The molecule has 0 saturated heterocycles. The van der Waals surface area contributed by atoms with Crippen molar-refractivity contribution in [2.24, 2.45) is 0 Å². The Morgan fingerprint density at radius 2 is 1.67 bits per heavy atom. The number of para-hydroxylation sites is 2. The number of nitrogen functional groups attached to an aromatic ring is 1. The summed E-state index contributed by atoms with van der Waals surface area (Å²) in [6.45, 7) is 2.24. The Morgan fingerprint density at radius 3 is 2.48 bits per heavy atom. The molecule has 1 aromatic heterocycles. The van der Waals surface area contributed by atoms with Gasteiger partial charge in [0.05, 0.1) is 16.7 Å². The lowest BCUT2D eigenvalue weighted by Gasteiger charge is -2.08. The van der Waals surface area contributed by atoms with Gasteiger partial charge >= 0.3 is 0 Å². The number of nitrogens with two attached hydrogens (primary N) is 1. The second-order valence-corrected chi connectivity index (χ2v) is 5.71. The molecule has 21 heavy (non-hydrogen) atoms. The van der Waals surface area contributed by atoms with Gasteiger partial charge in [0.25, 0.3) is 0 Å². The number of fused-ring (bicyclic) bond motifs is 2. The predicted molar refractivity (Wildman–Crippen MR) is 91.5 cm³/mol. The number of rotatable bonds is 5. The highest BCUT2D eigenvalue weighted by molar-refractivity contribution is 5.98. The van der Waals surface area contributed by atoms with Gasteiger partial charge in [0.1, 0.15) is 0 Å². The first-order valence-corrected chi connectivity index (χ1v) is 7.86. The molecule has 0 bridgehead atoms. The van der Waals surface area contributed by atoms with Crippen molar-refractivity contribution < 1.29 is 0 Å². The molecular weight excluding hydrogens is 256 g/mol. The summed E-state index contributed by atoms with van der Waals surface area (Å²) in [5.41, 5.74) is 10.2. The SMILES string of the molecule is CCCCCCc1cccc2cc3cccc(N)c3nc12. The van der Waals surface area contributed by atoms with Gasteiger partial charge in [-0.2, -0.15) is 0 Å². The number of aryl methyl sites for hydroxylation is 1. The predicted octanol–water partition coefficient (Wildman–Crippen LogP) is 5.09. The zero-order valence-electron chi connectivity index (χ0n) is 12.6. The van der Waals surface area contributed by atoms with Crippen LogP contribution in [-0.2, 0) is 6.42 Å². The van der Waals surface area contributed by atoms with E-state index in [0.717, 1.165) is 28.5 Å². The van der Waals surface area contributed by atoms with Crippen molar-refractivity contribution in [1.29, 1.82) is 0 Å². The van der Waals surface area contributed by atoms with E-state index in [4.69, 9.17) is 10.7 Å². The molecule has 0 spiro atoms. The summed E-state index contributed by atoms with van der Waals surface area (Å²) in [6, 6.07) is 14.7. The van der Waals surface area contributed by atoms with Gasteiger partial charge < -0.3 is 5.73 Å². The Hall–Kier alpha value is -2.09. The highest BCUT2D eigenvalue weighted by Crippen LogP contribution is 2.26. The third-order valence-electron chi connectivity index (χ3n) is 4.08. The maximum Gasteiger partial charge on any atom is 0.0938 e. The van der Waals surface area contributed by atoms with Gasteiger partial charge in [0.15, 0.2) is 0 Å². The quantitative estimate of drug-likeness (QED) is 0.401. The van der Waals surface area contributed by atoms with Gasteiger partial charge in [-0.15, -0.1) is 0 Å². The molecule has 0 unspecified atom stereocenters. The smallest absolute Gasteiger partial charge is 0.0938 e. The van der Waals surface area contributed by atoms with Crippen LogP contribution in [0.25, 0.3) is 21.8 Å². The van der Waals surface area contributed by atoms with E-state index in [1.54, 1.807) is 0 Å². The standard InChI is InChI=1S/C19H22N2/c1-2-3-4-5-8-14-9-6-10-15-13-16-11-7-12-17(20)19(16)21-18(14)15/h6-7,9-13H,2-5,8,20H2,1H3. The Balaban J connectivity index is 2.02. The molecule has 3 rings (SSSR count). The minimum absolute atomic E-state index is 0.759. The maximum absolute atomic E-state index is 6.07. The molecule has 0 atom stereocenters. The van der Waals surface area contributed by atoms with E-state index in [9.17, 15) is 0 Å². The molecule has 0 amide bonds. The average molecular weight is 278 g/mol. The van der Waals surface area contributed by atoms with Crippen LogP contribution in [0, 0.1) is 0 Å². The summed E-state index contributed by atoms with van der Waals surface area (Å²) < 4.78 is 0. The number of aromatic nitrogens is 1. The maximum atomic E-state index is 6.07. The fourth-order valence-electron chi connectivity index (χ4n) is 2.91. The molecule has 0 radical (unpaired) electrons. The van der Waals surface area contributed by atoms with Gasteiger partial charge in [-0.25, -0.2) is 4.98 Å². The number of benzene rings is 2. The van der Waals surface area contributed by atoms with Crippen LogP contribution in [0.3, 0.4) is 0 Å². The van der Waals surface area contributed by atoms with Gasteiger partial charge in [0, 0.05) is 10.8 Å². The van der Waals surface area contributed by atoms with Crippen molar-refractivity contribution in [1.82, 2.24) is 4.98 Å². The number of anilines is 1. The normalized spacial score (nSPS) is 11.3. The van der Waals surface area contributed by atoms with Gasteiger partial charge in [-0.1, -0.05) is 56.5 Å². The summed E-state index contributed by atoms with van der Waals surface area (Å²) >= 11 is 0. The summed E-state index contributed by atoms with van der Waals surface area (Å²) in [4.78, 5) is 4.85. The number of nitrogens with zero attached hydrogens (tertiary/aromatic N) is 1. The first kappa shape index (κ1) is 13.9. The molecule has 108 valence electrons. The second-order valence-electron chi connectivity index (χ2n) is 5.71. The zero-order valence-corrected chi connectivity index (χ0v) is 12.6. The lowest BCUT2D eigenvalue weighted by atomic mass is 10.0. The lowest BCUT2D eigenvalue weighted by molar-refractivity contribution is 0.668. The monoisotopic (exact) mass is 278 g/mol. The molecule has 2 aromatic carbocycles. The molecule has 0 aliphatic rings. The van der Waals surface area contributed by atoms with Crippen molar-refractivity contribution in [2.45, 2.75) is 39.0 Å². The molecule has 0 saturated carbocycles. The topological polar surface area (TPSA) is 38.9 Å². The van der Waals surface area contributed by atoms with Crippen molar-refractivity contribution in [3.05, 3.63) is 48.0 Å². The van der Waals surface area contributed by atoms with Crippen molar-refractivity contribution >= 4 is 27.5 Å². The van der Waals surface area contributed by atoms with Crippen LogP contribution in [0.4, 0.5) is 5.69 Å². The van der Waals surface area contributed by atoms with E-state index in [1.165, 1.54) is 36.6 Å².